The molecule has 1 atom stereocenters. The Hall–Kier alpha value is -2.38. The van der Waals surface area contributed by atoms with Crippen LogP contribution in [0.25, 0.3) is 10.2 Å². The molecule has 0 bridgehead atoms. The van der Waals surface area contributed by atoms with Crippen molar-refractivity contribution in [1.29, 1.82) is 0 Å². The topological polar surface area (TPSA) is 53.4 Å². The van der Waals surface area contributed by atoms with E-state index in [-0.39, 0.29) is 11.3 Å². The van der Waals surface area contributed by atoms with Gasteiger partial charge in [-0.2, -0.15) is 8.78 Å². The van der Waals surface area contributed by atoms with Crippen LogP contribution in [-0.4, -0.2) is 23.0 Å². The number of aliphatic hydroxyl groups is 1. The molecule has 0 saturated heterocycles. The summed E-state index contributed by atoms with van der Waals surface area (Å²) in [5.74, 6) is -4.91. The van der Waals surface area contributed by atoms with E-state index in [4.69, 9.17) is 0 Å². The zero-order chi connectivity index (χ0) is 17.1. The molecule has 1 aromatic heterocycles. The Kier molecular flexibility index (Phi) is 3.04. The molecule has 1 amide bonds. The van der Waals surface area contributed by atoms with Crippen molar-refractivity contribution in [2.45, 2.75) is 11.5 Å². The van der Waals surface area contributed by atoms with Gasteiger partial charge in [0.15, 0.2) is 5.01 Å². The molecule has 0 radical (unpaired) electrons. The molecule has 122 valence electrons. The molecule has 0 aliphatic carbocycles. The highest BCUT2D eigenvalue weighted by Crippen LogP contribution is 2.53. The largest absolute Gasteiger partial charge is 0.370 e. The molecule has 4 rings (SSSR count). The van der Waals surface area contributed by atoms with Gasteiger partial charge in [0.25, 0.3) is 5.91 Å². The van der Waals surface area contributed by atoms with E-state index in [1.54, 1.807) is 30.3 Å². The number of hydrogen-bond donors (Lipinski definition) is 1. The van der Waals surface area contributed by atoms with Crippen LogP contribution in [0, 0.1) is 0 Å². The van der Waals surface area contributed by atoms with Gasteiger partial charge in [0.2, 0.25) is 5.60 Å². The van der Waals surface area contributed by atoms with E-state index in [1.807, 2.05) is 0 Å². The van der Waals surface area contributed by atoms with Crippen molar-refractivity contribution < 1.29 is 18.7 Å². The minimum absolute atomic E-state index is 0.109. The number of carbonyl (C=O) groups is 1. The SMILES string of the molecule is CN1C(=O)C(O)(C(F)(F)c2nc3ccccc3s2)c2ccccc21. The Labute approximate surface area is 140 Å². The minimum Gasteiger partial charge on any atom is -0.370 e. The molecule has 1 N–H and O–H groups in total. The zero-order valence-corrected chi connectivity index (χ0v) is 13.3. The third-order valence-electron chi connectivity index (χ3n) is 4.29. The first-order valence-corrected chi connectivity index (χ1v) is 8.03. The molecule has 7 heteroatoms. The third-order valence-corrected chi connectivity index (χ3v) is 5.39. The van der Waals surface area contributed by atoms with Crippen molar-refractivity contribution in [3.05, 3.63) is 59.1 Å². The number of fused-ring (bicyclic) bond motifs is 2. The van der Waals surface area contributed by atoms with Crippen LogP contribution in [0.15, 0.2) is 48.5 Å². The molecular formula is C17H12F2N2O2S. The van der Waals surface area contributed by atoms with E-state index in [0.29, 0.717) is 10.2 Å². The fraction of sp³-hybridized carbons (Fsp3) is 0.176. The number of carbonyl (C=O) groups excluding carboxylic acids is 1. The van der Waals surface area contributed by atoms with Crippen LogP contribution in [-0.2, 0) is 16.3 Å². The van der Waals surface area contributed by atoms with Gasteiger partial charge in [-0.1, -0.05) is 30.3 Å². The Bertz CT molecular complexity index is 939. The number of nitrogens with zero attached hydrogens (tertiary/aromatic N) is 2. The lowest BCUT2D eigenvalue weighted by Gasteiger charge is -2.29. The molecular weight excluding hydrogens is 334 g/mol. The number of para-hydroxylation sites is 2. The maximum absolute atomic E-state index is 15.2. The van der Waals surface area contributed by atoms with Crippen molar-refractivity contribution in [3.8, 4) is 0 Å². The van der Waals surface area contributed by atoms with Gasteiger partial charge in [-0.25, -0.2) is 4.98 Å². The molecule has 0 saturated carbocycles. The molecule has 4 nitrogen and oxygen atoms in total. The van der Waals surface area contributed by atoms with Gasteiger partial charge in [0.1, 0.15) is 0 Å². The molecule has 0 spiro atoms. The van der Waals surface area contributed by atoms with E-state index >= 15 is 8.78 Å². The quantitative estimate of drug-likeness (QED) is 0.775. The maximum atomic E-state index is 15.2. The first kappa shape index (κ1) is 15.2. The highest BCUT2D eigenvalue weighted by molar-refractivity contribution is 7.18. The van der Waals surface area contributed by atoms with Gasteiger partial charge in [0, 0.05) is 12.6 Å². The number of thiazole rings is 1. The van der Waals surface area contributed by atoms with Crippen LogP contribution >= 0.6 is 11.3 Å². The molecule has 0 fully saturated rings. The summed E-state index contributed by atoms with van der Waals surface area (Å²) in [5.41, 5.74) is -2.40. The molecule has 2 heterocycles. The fourth-order valence-corrected chi connectivity index (χ4v) is 4.00. The highest BCUT2D eigenvalue weighted by atomic mass is 32.1. The summed E-state index contributed by atoms with van der Waals surface area (Å²) in [5, 5.41) is 10.2. The van der Waals surface area contributed by atoms with Crippen LogP contribution in [0.4, 0.5) is 14.5 Å². The monoisotopic (exact) mass is 346 g/mol. The lowest BCUT2D eigenvalue weighted by molar-refractivity contribution is -0.195. The normalized spacial score (nSPS) is 20.7. The van der Waals surface area contributed by atoms with Gasteiger partial charge >= 0.3 is 5.92 Å². The van der Waals surface area contributed by atoms with Crippen LogP contribution in [0.3, 0.4) is 0 Å². The van der Waals surface area contributed by atoms with Gasteiger partial charge in [-0.05, 0) is 18.2 Å². The van der Waals surface area contributed by atoms with Crippen molar-refractivity contribution in [2.24, 2.45) is 0 Å². The standard InChI is InChI=1S/C17H12F2N2O2S/c1-21-12-8-4-2-6-10(12)16(23,15(21)22)17(18,19)14-20-11-7-3-5-9-13(11)24-14/h2-9,23H,1H3. The summed E-state index contributed by atoms with van der Waals surface area (Å²) < 4.78 is 31.0. The number of rotatable bonds is 2. The molecule has 1 unspecified atom stereocenters. The summed E-state index contributed by atoms with van der Waals surface area (Å²) in [7, 11) is 1.37. The van der Waals surface area contributed by atoms with E-state index in [2.05, 4.69) is 4.98 Å². The number of anilines is 1. The Balaban J connectivity index is 1.94. The van der Waals surface area contributed by atoms with Crippen molar-refractivity contribution in [3.63, 3.8) is 0 Å². The number of hydrogen-bond acceptors (Lipinski definition) is 4. The summed E-state index contributed by atoms with van der Waals surface area (Å²) >= 11 is 0.776. The van der Waals surface area contributed by atoms with E-state index in [9.17, 15) is 9.90 Å². The molecule has 3 aromatic rings. The van der Waals surface area contributed by atoms with Gasteiger partial charge in [-0.15, -0.1) is 11.3 Å². The Morgan fingerprint density at radius 3 is 2.58 bits per heavy atom. The number of alkyl halides is 2. The van der Waals surface area contributed by atoms with Crippen LogP contribution < -0.4 is 4.90 Å². The molecule has 1 aliphatic heterocycles. The number of likely N-dealkylation sites (N-methyl/N-ethyl adjacent to an activating group) is 1. The Morgan fingerprint density at radius 1 is 1.17 bits per heavy atom. The second-order valence-electron chi connectivity index (χ2n) is 5.65. The van der Waals surface area contributed by atoms with Gasteiger partial charge < -0.3 is 10.0 Å². The van der Waals surface area contributed by atoms with Crippen molar-refractivity contribution >= 4 is 33.1 Å². The highest BCUT2D eigenvalue weighted by Gasteiger charge is 2.66. The van der Waals surface area contributed by atoms with E-state index in [1.165, 1.54) is 25.2 Å². The lowest BCUT2D eigenvalue weighted by Crippen LogP contribution is -2.50. The first-order chi connectivity index (χ1) is 11.4. The summed E-state index contributed by atoms with van der Waals surface area (Å²) in [6.45, 7) is 0. The Morgan fingerprint density at radius 2 is 1.83 bits per heavy atom. The van der Waals surface area contributed by atoms with Gasteiger partial charge in [-0.3, -0.25) is 4.79 Å². The molecule has 2 aromatic carbocycles. The number of aromatic nitrogens is 1. The minimum atomic E-state index is -3.85. The summed E-state index contributed by atoms with van der Waals surface area (Å²) in [6, 6.07) is 12.7. The van der Waals surface area contributed by atoms with Crippen LogP contribution in [0.1, 0.15) is 10.6 Å². The van der Waals surface area contributed by atoms with Crippen LogP contribution in [0.2, 0.25) is 0 Å². The number of halogens is 2. The summed E-state index contributed by atoms with van der Waals surface area (Å²) in [4.78, 5) is 17.5. The van der Waals surface area contributed by atoms with Crippen molar-refractivity contribution in [2.75, 3.05) is 11.9 Å². The molecule has 1 aliphatic rings. The number of benzene rings is 2. The second-order valence-corrected chi connectivity index (χ2v) is 6.68. The van der Waals surface area contributed by atoms with E-state index < -0.39 is 22.4 Å². The predicted octanol–water partition coefficient (Wildman–Crippen LogP) is 3.25. The fourth-order valence-electron chi connectivity index (χ4n) is 3.00. The second kappa shape index (κ2) is 4.81. The third kappa shape index (κ3) is 1.73. The van der Waals surface area contributed by atoms with E-state index in [0.717, 1.165) is 16.2 Å². The van der Waals surface area contributed by atoms with Crippen molar-refractivity contribution in [1.82, 2.24) is 4.98 Å². The van der Waals surface area contributed by atoms with Crippen LogP contribution in [0.5, 0.6) is 0 Å². The zero-order valence-electron chi connectivity index (χ0n) is 12.5. The lowest BCUT2D eigenvalue weighted by atomic mass is 9.88. The smallest absolute Gasteiger partial charge is 0.340 e. The maximum Gasteiger partial charge on any atom is 0.340 e. The average Bonchev–Trinajstić information content (AvgIpc) is 3.11. The number of amides is 1. The summed E-state index contributed by atoms with van der Waals surface area (Å²) in [6.07, 6.45) is 0. The van der Waals surface area contributed by atoms with Gasteiger partial charge in [0.05, 0.1) is 15.9 Å². The first-order valence-electron chi connectivity index (χ1n) is 7.21. The molecule has 24 heavy (non-hydrogen) atoms. The predicted molar refractivity (Wildman–Crippen MR) is 87.3 cm³/mol. The average molecular weight is 346 g/mol.